The van der Waals surface area contributed by atoms with Crippen molar-refractivity contribution in [3.63, 3.8) is 0 Å². The van der Waals surface area contributed by atoms with Crippen molar-refractivity contribution in [2.24, 2.45) is 0 Å². The number of nitrogens with one attached hydrogen (secondary N) is 1. The molecule has 1 fully saturated rings. The number of amides is 1. The van der Waals surface area contributed by atoms with E-state index in [9.17, 15) is 4.79 Å². The molecule has 1 aliphatic heterocycles. The highest BCUT2D eigenvalue weighted by atomic mass is 16.5. The molecular weight excluding hydrogens is 428 g/mol. The van der Waals surface area contributed by atoms with Crippen LogP contribution in [0.2, 0.25) is 0 Å². The van der Waals surface area contributed by atoms with E-state index in [-0.39, 0.29) is 11.9 Å². The number of imidazole rings is 1. The van der Waals surface area contributed by atoms with Crippen LogP contribution >= 0.6 is 0 Å². The number of aryl methyl sites for hydroxylation is 1. The van der Waals surface area contributed by atoms with Crippen molar-refractivity contribution in [2.45, 2.75) is 32.2 Å². The molecule has 3 aromatic heterocycles. The summed E-state index contributed by atoms with van der Waals surface area (Å²) >= 11 is 0. The lowest BCUT2D eigenvalue weighted by atomic mass is 10.1. The average Bonchev–Trinajstić information content (AvgIpc) is 3.54. The van der Waals surface area contributed by atoms with Crippen LogP contribution in [0.15, 0.2) is 61.2 Å². The molecule has 1 saturated heterocycles. The van der Waals surface area contributed by atoms with Crippen molar-refractivity contribution < 1.29 is 9.53 Å². The maximum absolute atomic E-state index is 13.5. The van der Waals surface area contributed by atoms with Crippen LogP contribution in [0.25, 0.3) is 11.5 Å². The number of rotatable bonds is 6. The Morgan fingerprint density at radius 1 is 1.18 bits per heavy atom. The number of ether oxygens (including phenoxy) is 1. The molecule has 0 radical (unpaired) electrons. The molecule has 1 N–H and O–H groups in total. The van der Waals surface area contributed by atoms with Gasteiger partial charge in [0.1, 0.15) is 11.4 Å². The van der Waals surface area contributed by atoms with Crippen LogP contribution in [0.5, 0.6) is 5.75 Å². The number of benzene rings is 1. The second-order valence-electron chi connectivity index (χ2n) is 8.43. The molecule has 34 heavy (non-hydrogen) atoms. The molecule has 1 atom stereocenters. The molecule has 1 aromatic carbocycles. The molecule has 8 nitrogen and oxygen atoms in total. The fourth-order valence-electron chi connectivity index (χ4n) is 4.43. The van der Waals surface area contributed by atoms with Crippen molar-refractivity contribution in [1.29, 1.82) is 0 Å². The Morgan fingerprint density at radius 3 is 2.88 bits per heavy atom. The van der Waals surface area contributed by atoms with Crippen molar-refractivity contribution in [3.8, 4) is 17.3 Å². The number of pyridine rings is 1. The number of carbonyl (C=O) groups is 1. The first-order chi connectivity index (χ1) is 16.6. The van der Waals surface area contributed by atoms with Gasteiger partial charge in [-0.25, -0.2) is 9.97 Å². The van der Waals surface area contributed by atoms with Crippen LogP contribution in [-0.4, -0.2) is 49.4 Å². The number of hydrogen-bond donors (Lipinski definition) is 1. The van der Waals surface area contributed by atoms with Crippen molar-refractivity contribution in [3.05, 3.63) is 89.4 Å². The summed E-state index contributed by atoms with van der Waals surface area (Å²) in [6.45, 7) is 2.63. The Morgan fingerprint density at radius 2 is 2.06 bits per heavy atom. The number of aromatic nitrogens is 5. The molecule has 0 saturated carbocycles. The molecule has 5 rings (SSSR count). The van der Waals surface area contributed by atoms with Crippen molar-refractivity contribution >= 4 is 5.91 Å². The Balaban J connectivity index is 1.38. The Hall–Kier alpha value is -4.07. The van der Waals surface area contributed by atoms with E-state index < -0.39 is 0 Å². The van der Waals surface area contributed by atoms with Crippen LogP contribution < -0.4 is 4.74 Å². The second-order valence-corrected chi connectivity index (χ2v) is 8.43. The highest BCUT2D eigenvalue weighted by Crippen LogP contribution is 2.33. The highest BCUT2D eigenvalue weighted by molar-refractivity contribution is 5.94. The quantitative estimate of drug-likeness (QED) is 0.470. The molecule has 1 amide bonds. The van der Waals surface area contributed by atoms with Gasteiger partial charge in [0.15, 0.2) is 5.82 Å². The summed E-state index contributed by atoms with van der Waals surface area (Å²) in [6, 6.07) is 11.4. The largest absolute Gasteiger partial charge is 0.496 e. The van der Waals surface area contributed by atoms with Gasteiger partial charge in [-0.05, 0) is 38.0 Å². The van der Waals surface area contributed by atoms with E-state index in [1.165, 1.54) is 0 Å². The minimum absolute atomic E-state index is 0.0211. The molecule has 172 valence electrons. The first-order valence-corrected chi connectivity index (χ1v) is 11.3. The zero-order valence-electron chi connectivity index (χ0n) is 19.2. The summed E-state index contributed by atoms with van der Waals surface area (Å²) in [5.41, 5.74) is 4.88. The molecule has 0 aliphatic carbocycles. The molecule has 8 heteroatoms. The van der Waals surface area contributed by atoms with E-state index >= 15 is 0 Å². The number of carbonyl (C=O) groups excluding carboxylic acids is 1. The van der Waals surface area contributed by atoms with Gasteiger partial charge in [0.25, 0.3) is 5.91 Å². The standard InChI is InChI=1S/C26H26N6O2/c1-17-14-29-25(30-17)22-16-27-15-21(31-22)23-7-5-11-32(23)26(33)19-9-10-28-20(13-19)12-18-6-3-4-8-24(18)34-2/h3-4,6,8-10,13-16,23H,5,7,11-12H2,1-2H3,(H,29,30). The predicted octanol–water partition coefficient (Wildman–Crippen LogP) is 4.15. The van der Waals surface area contributed by atoms with Crippen molar-refractivity contribution in [2.75, 3.05) is 13.7 Å². The first-order valence-electron chi connectivity index (χ1n) is 11.3. The van der Waals surface area contributed by atoms with Gasteiger partial charge < -0.3 is 14.6 Å². The Kier molecular flexibility index (Phi) is 6.03. The minimum Gasteiger partial charge on any atom is -0.496 e. The first kappa shape index (κ1) is 21.8. The van der Waals surface area contributed by atoms with Gasteiger partial charge in [0, 0.05) is 47.9 Å². The third kappa shape index (κ3) is 4.39. The van der Waals surface area contributed by atoms with Gasteiger partial charge in [-0.15, -0.1) is 0 Å². The molecule has 0 bridgehead atoms. The number of para-hydroxylation sites is 1. The van der Waals surface area contributed by atoms with Crippen LogP contribution in [0.3, 0.4) is 0 Å². The summed E-state index contributed by atoms with van der Waals surface area (Å²) in [5, 5.41) is 0. The lowest BCUT2D eigenvalue weighted by molar-refractivity contribution is 0.0732. The maximum atomic E-state index is 13.5. The van der Waals surface area contributed by atoms with Crippen molar-refractivity contribution in [1.82, 2.24) is 29.8 Å². The van der Waals surface area contributed by atoms with Gasteiger partial charge in [0.05, 0.1) is 31.2 Å². The summed E-state index contributed by atoms with van der Waals surface area (Å²) in [5.74, 6) is 1.47. The third-order valence-corrected chi connectivity index (χ3v) is 6.08. The van der Waals surface area contributed by atoms with E-state index in [1.54, 1.807) is 38.0 Å². The predicted molar refractivity (Wildman–Crippen MR) is 127 cm³/mol. The number of H-pyrrole nitrogens is 1. The number of nitrogens with zero attached hydrogens (tertiary/aromatic N) is 5. The summed E-state index contributed by atoms with van der Waals surface area (Å²) in [6.07, 6.45) is 9.25. The number of likely N-dealkylation sites (tertiary alicyclic amines) is 1. The maximum Gasteiger partial charge on any atom is 0.254 e. The molecule has 4 aromatic rings. The second kappa shape index (κ2) is 9.43. The average molecular weight is 455 g/mol. The smallest absolute Gasteiger partial charge is 0.254 e. The van der Waals surface area contributed by atoms with E-state index in [0.29, 0.717) is 30.0 Å². The molecular formula is C26H26N6O2. The molecule has 0 spiro atoms. The van der Waals surface area contributed by atoms with Gasteiger partial charge >= 0.3 is 0 Å². The summed E-state index contributed by atoms with van der Waals surface area (Å²) in [4.78, 5) is 36.6. The lowest BCUT2D eigenvalue weighted by Crippen LogP contribution is -2.31. The fraction of sp³-hybridized carbons (Fsp3) is 0.269. The van der Waals surface area contributed by atoms with Gasteiger partial charge in [-0.3, -0.25) is 14.8 Å². The number of methoxy groups -OCH3 is 1. The monoisotopic (exact) mass is 454 g/mol. The Labute approximate surface area is 198 Å². The minimum atomic E-state index is -0.123. The van der Waals surface area contributed by atoms with Crippen LogP contribution in [0, 0.1) is 6.92 Å². The number of aromatic amines is 1. The van der Waals surface area contributed by atoms with E-state index in [0.717, 1.165) is 41.2 Å². The van der Waals surface area contributed by atoms with E-state index in [4.69, 9.17) is 9.72 Å². The zero-order chi connectivity index (χ0) is 23.5. The third-order valence-electron chi connectivity index (χ3n) is 6.08. The van der Waals surface area contributed by atoms with Gasteiger partial charge in [-0.2, -0.15) is 0 Å². The highest BCUT2D eigenvalue weighted by Gasteiger charge is 2.32. The van der Waals surface area contributed by atoms with Gasteiger partial charge in [-0.1, -0.05) is 18.2 Å². The fourth-order valence-corrected chi connectivity index (χ4v) is 4.43. The lowest BCUT2D eigenvalue weighted by Gasteiger charge is -2.24. The van der Waals surface area contributed by atoms with Crippen LogP contribution in [0.1, 0.15) is 51.9 Å². The summed E-state index contributed by atoms with van der Waals surface area (Å²) < 4.78 is 5.46. The van der Waals surface area contributed by atoms with E-state index in [1.807, 2.05) is 42.2 Å². The number of hydrogen-bond acceptors (Lipinski definition) is 6. The topological polar surface area (TPSA) is 96.9 Å². The Bertz CT molecular complexity index is 1320. The summed E-state index contributed by atoms with van der Waals surface area (Å²) in [7, 11) is 1.66. The normalized spacial score (nSPS) is 15.5. The van der Waals surface area contributed by atoms with Crippen LogP contribution in [0.4, 0.5) is 0 Å². The SMILES string of the molecule is COc1ccccc1Cc1cc(C(=O)N2CCCC2c2cncc(-c3ncc(C)[nH]3)n2)ccn1. The molecule has 4 heterocycles. The van der Waals surface area contributed by atoms with Gasteiger partial charge in [0.2, 0.25) is 0 Å². The zero-order valence-corrected chi connectivity index (χ0v) is 19.2. The van der Waals surface area contributed by atoms with E-state index in [2.05, 4.69) is 19.9 Å². The molecule has 1 aliphatic rings. The molecule has 1 unspecified atom stereocenters. The van der Waals surface area contributed by atoms with Crippen LogP contribution in [-0.2, 0) is 6.42 Å².